The summed E-state index contributed by atoms with van der Waals surface area (Å²) in [6.07, 6.45) is 1.94. The summed E-state index contributed by atoms with van der Waals surface area (Å²) in [5, 5.41) is 10.3. The number of nitrogens with two attached hydrogens (primary N) is 1. The first kappa shape index (κ1) is 15.6. The molecule has 0 aliphatic heterocycles. The molecule has 1 aliphatic carbocycles. The summed E-state index contributed by atoms with van der Waals surface area (Å²) in [6, 6.07) is 12.4. The number of hydrogen-bond donors (Lipinski definition) is 1. The van der Waals surface area contributed by atoms with Gasteiger partial charge in [0.1, 0.15) is 5.00 Å². The lowest BCUT2D eigenvalue weighted by Gasteiger charge is -2.31. The quantitative estimate of drug-likeness (QED) is 0.876. The molecule has 1 heterocycles. The normalized spacial score (nSPS) is 19.7. The molecule has 1 atom stereocenters. The van der Waals surface area contributed by atoms with E-state index >= 15 is 0 Å². The second kappa shape index (κ2) is 6.05. The van der Waals surface area contributed by atoms with Crippen LogP contribution in [-0.4, -0.2) is 12.6 Å². The van der Waals surface area contributed by atoms with Crippen LogP contribution in [0.5, 0.6) is 0 Å². The van der Waals surface area contributed by atoms with Gasteiger partial charge in [-0.05, 0) is 30.9 Å². The van der Waals surface area contributed by atoms with Crippen LogP contribution in [0.3, 0.4) is 0 Å². The van der Waals surface area contributed by atoms with Gasteiger partial charge in [-0.3, -0.25) is 0 Å². The molecule has 5 heteroatoms. The van der Waals surface area contributed by atoms with Crippen molar-refractivity contribution in [3.8, 4) is 6.07 Å². The fraction of sp³-hybridized carbons (Fsp3) is 0.333. The van der Waals surface area contributed by atoms with Crippen LogP contribution in [0.4, 0.5) is 5.00 Å². The molecular formula is C18H18N2O2S. The number of benzene rings is 1. The number of esters is 1. The highest BCUT2D eigenvalue weighted by Gasteiger charge is 2.39. The maximum absolute atomic E-state index is 12.1. The van der Waals surface area contributed by atoms with Crippen molar-refractivity contribution in [1.29, 1.82) is 5.26 Å². The highest BCUT2D eigenvalue weighted by Crippen LogP contribution is 2.44. The Morgan fingerprint density at radius 3 is 2.83 bits per heavy atom. The monoisotopic (exact) mass is 326 g/mol. The van der Waals surface area contributed by atoms with E-state index in [1.807, 2.05) is 30.3 Å². The SMILES string of the molecule is CCOC(=O)c1c(N)sc2c1CC[C@@](C#N)(c1ccccc1)C2. The lowest BCUT2D eigenvalue weighted by atomic mass is 9.70. The smallest absolute Gasteiger partial charge is 0.341 e. The van der Waals surface area contributed by atoms with Gasteiger partial charge in [0.05, 0.1) is 23.7 Å². The van der Waals surface area contributed by atoms with Crippen molar-refractivity contribution in [3.05, 3.63) is 51.9 Å². The van der Waals surface area contributed by atoms with E-state index in [0.717, 1.165) is 16.0 Å². The van der Waals surface area contributed by atoms with Gasteiger partial charge in [0.25, 0.3) is 0 Å². The van der Waals surface area contributed by atoms with Gasteiger partial charge in [0.2, 0.25) is 0 Å². The summed E-state index contributed by atoms with van der Waals surface area (Å²) in [4.78, 5) is 13.2. The van der Waals surface area contributed by atoms with Crippen molar-refractivity contribution in [1.82, 2.24) is 0 Å². The second-order valence-corrected chi connectivity index (χ2v) is 6.84. The number of nitrogen functional groups attached to an aromatic ring is 1. The summed E-state index contributed by atoms with van der Waals surface area (Å²) in [7, 11) is 0. The van der Waals surface area contributed by atoms with Crippen LogP contribution in [0.15, 0.2) is 30.3 Å². The maximum atomic E-state index is 12.1. The predicted octanol–water partition coefficient (Wildman–Crippen LogP) is 3.46. The first-order valence-corrected chi connectivity index (χ1v) is 8.47. The fourth-order valence-corrected chi connectivity index (χ4v) is 4.45. The number of anilines is 1. The van der Waals surface area contributed by atoms with E-state index in [4.69, 9.17) is 10.5 Å². The van der Waals surface area contributed by atoms with Crippen LogP contribution in [0.2, 0.25) is 0 Å². The molecule has 0 saturated carbocycles. The Morgan fingerprint density at radius 1 is 1.43 bits per heavy atom. The van der Waals surface area contributed by atoms with Gasteiger partial charge in [-0.25, -0.2) is 4.79 Å². The molecule has 0 saturated heterocycles. The van der Waals surface area contributed by atoms with Crippen LogP contribution in [0, 0.1) is 11.3 Å². The lowest BCUT2D eigenvalue weighted by molar-refractivity contribution is 0.0526. The van der Waals surface area contributed by atoms with Gasteiger partial charge < -0.3 is 10.5 Å². The third-order valence-electron chi connectivity index (χ3n) is 4.40. The number of ether oxygens (including phenoxy) is 1. The third kappa shape index (κ3) is 2.60. The summed E-state index contributed by atoms with van der Waals surface area (Å²) < 4.78 is 5.12. The Labute approximate surface area is 139 Å². The molecule has 118 valence electrons. The minimum absolute atomic E-state index is 0.328. The van der Waals surface area contributed by atoms with Crippen LogP contribution in [0.1, 0.15) is 39.7 Å². The molecule has 0 unspecified atom stereocenters. The molecular weight excluding hydrogens is 308 g/mol. The van der Waals surface area contributed by atoms with Crippen molar-refractivity contribution >= 4 is 22.3 Å². The van der Waals surface area contributed by atoms with Crippen molar-refractivity contribution in [3.63, 3.8) is 0 Å². The molecule has 0 fully saturated rings. The Hall–Kier alpha value is -2.32. The molecule has 1 aromatic carbocycles. The molecule has 2 N–H and O–H groups in total. The number of nitriles is 1. The number of nitrogens with zero attached hydrogens (tertiary/aromatic N) is 1. The van der Waals surface area contributed by atoms with E-state index in [2.05, 4.69) is 6.07 Å². The maximum Gasteiger partial charge on any atom is 0.341 e. The zero-order chi connectivity index (χ0) is 16.4. The van der Waals surface area contributed by atoms with Gasteiger partial charge in [0.15, 0.2) is 0 Å². The van der Waals surface area contributed by atoms with Gasteiger partial charge in [0, 0.05) is 11.3 Å². The van der Waals surface area contributed by atoms with Crippen molar-refractivity contribution in [2.24, 2.45) is 0 Å². The Morgan fingerprint density at radius 2 is 2.17 bits per heavy atom. The first-order chi connectivity index (χ1) is 11.1. The molecule has 0 amide bonds. The summed E-state index contributed by atoms with van der Waals surface area (Å²) >= 11 is 1.41. The Kier molecular flexibility index (Phi) is 4.10. The molecule has 0 spiro atoms. The minimum Gasteiger partial charge on any atom is -0.462 e. The van der Waals surface area contributed by atoms with Crippen molar-refractivity contribution < 1.29 is 9.53 Å². The van der Waals surface area contributed by atoms with Crippen molar-refractivity contribution in [2.45, 2.75) is 31.6 Å². The molecule has 3 rings (SSSR count). The number of thiophene rings is 1. The third-order valence-corrected chi connectivity index (χ3v) is 5.46. The molecule has 23 heavy (non-hydrogen) atoms. The van der Waals surface area contributed by atoms with Crippen molar-refractivity contribution in [2.75, 3.05) is 12.3 Å². The Balaban J connectivity index is 2.01. The number of carbonyl (C=O) groups excluding carboxylic acids is 1. The van der Waals surface area contributed by atoms with E-state index < -0.39 is 5.41 Å². The average Bonchev–Trinajstić information content (AvgIpc) is 2.90. The topological polar surface area (TPSA) is 76.1 Å². The standard InChI is InChI=1S/C18H18N2O2S/c1-2-22-17(21)15-13-8-9-18(11-19,10-14(13)23-16(15)20)12-6-4-3-5-7-12/h3-7H,2,8-10,20H2,1H3/t18-/m1/s1. The van der Waals surface area contributed by atoms with Gasteiger partial charge in [-0.2, -0.15) is 5.26 Å². The zero-order valence-electron chi connectivity index (χ0n) is 13.0. The fourth-order valence-electron chi connectivity index (χ4n) is 3.23. The number of hydrogen-bond acceptors (Lipinski definition) is 5. The van der Waals surface area contributed by atoms with Gasteiger partial charge in [-0.1, -0.05) is 30.3 Å². The van der Waals surface area contributed by atoms with Crippen LogP contribution in [0.25, 0.3) is 0 Å². The lowest BCUT2D eigenvalue weighted by Crippen LogP contribution is -2.31. The summed E-state index contributed by atoms with van der Waals surface area (Å²) in [5.41, 5.74) is 8.01. The first-order valence-electron chi connectivity index (χ1n) is 7.65. The molecule has 1 aromatic heterocycles. The second-order valence-electron chi connectivity index (χ2n) is 5.70. The molecule has 1 aliphatic rings. The van der Waals surface area contributed by atoms with E-state index in [0.29, 0.717) is 36.4 Å². The molecule has 0 radical (unpaired) electrons. The van der Waals surface area contributed by atoms with Crippen LogP contribution >= 0.6 is 11.3 Å². The number of fused-ring (bicyclic) bond motifs is 1. The largest absolute Gasteiger partial charge is 0.462 e. The molecule has 0 bridgehead atoms. The van der Waals surface area contributed by atoms with E-state index in [1.165, 1.54) is 11.3 Å². The van der Waals surface area contributed by atoms with E-state index in [1.54, 1.807) is 6.92 Å². The van der Waals surface area contributed by atoms with Crippen LogP contribution < -0.4 is 5.73 Å². The van der Waals surface area contributed by atoms with Gasteiger partial charge >= 0.3 is 5.97 Å². The highest BCUT2D eigenvalue weighted by atomic mass is 32.1. The average molecular weight is 326 g/mol. The predicted molar refractivity (Wildman–Crippen MR) is 90.4 cm³/mol. The summed E-state index contributed by atoms with van der Waals surface area (Å²) in [6.45, 7) is 2.11. The minimum atomic E-state index is -0.544. The van der Waals surface area contributed by atoms with E-state index in [9.17, 15) is 10.1 Å². The number of rotatable bonds is 3. The van der Waals surface area contributed by atoms with Crippen LogP contribution in [-0.2, 0) is 23.0 Å². The summed E-state index contributed by atoms with van der Waals surface area (Å²) in [5.74, 6) is -0.355. The molecule has 2 aromatic rings. The Bertz CT molecular complexity index is 776. The molecule has 4 nitrogen and oxygen atoms in total. The van der Waals surface area contributed by atoms with Gasteiger partial charge in [-0.15, -0.1) is 11.3 Å². The zero-order valence-corrected chi connectivity index (χ0v) is 13.8. The highest BCUT2D eigenvalue weighted by molar-refractivity contribution is 7.16. The number of carbonyl (C=O) groups is 1. The van der Waals surface area contributed by atoms with E-state index in [-0.39, 0.29) is 5.97 Å².